The summed E-state index contributed by atoms with van der Waals surface area (Å²) in [6.07, 6.45) is 1.12. The minimum absolute atomic E-state index is 0.139. The summed E-state index contributed by atoms with van der Waals surface area (Å²) in [5, 5.41) is 3.82. The van der Waals surface area contributed by atoms with Crippen molar-refractivity contribution >= 4 is 23.2 Å². The maximum Gasteiger partial charge on any atom is 0.128 e. The summed E-state index contributed by atoms with van der Waals surface area (Å²) in [6.45, 7) is 12.7. The van der Waals surface area contributed by atoms with Crippen molar-refractivity contribution in [3.63, 3.8) is 0 Å². The van der Waals surface area contributed by atoms with E-state index in [1.165, 1.54) is 0 Å². The Morgan fingerprint density at radius 3 is 2.27 bits per heavy atom. The fourth-order valence-corrected chi connectivity index (χ4v) is 3.83. The van der Waals surface area contributed by atoms with E-state index in [1.54, 1.807) is 0 Å². The number of benzene rings is 2. The van der Waals surface area contributed by atoms with E-state index >= 15 is 0 Å². The van der Waals surface area contributed by atoms with Crippen molar-refractivity contribution in [2.24, 2.45) is 5.41 Å². The van der Waals surface area contributed by atoms with Gasteiger partial charge >= 0.3 is 0 Å². The Morgan fingerprint density at radius 1 is 0.923 bits per heavy atom. The van der Waals surface area contributed by atoms with Crippen LogP contribution in [0.4, 0.5) is 0 Å². The lowest BCUT2D eigenvalue weighted by Crippen LogP contribution is -2.94. The summed E-state index contributed by atoms with van der Waals surface area (Å²) in [4.78, 5) is 0. The normalized spacial score (nSPS) is 12.3. The van der Waals surface area contributed by atoms with Crippen LogP contribution >= 0.6 is 23.2 Å². The van der Waals surface area contributed by atoms with Crippen LogP contribution in [0.2, 0.25) is 10.0 Å². The molecule has 0 fully saturated rings. The van der Waals surface area contributed by atoms with Gasteiger partial charge in [-0.1, -0.05) is 62.2 Å². The minimum atomic E-state index is 0.139. The van der Waals surface area contributed by atoms with Crippen LogP contribution in [-0.2, 0) is 13.2 Å². The molecule has 0 saturated heterocycles. The maximum atomic E-state index is 6.23. The Kier molecular flexibility index (Phi) is 7.01. The highest BCUT2D eigenvalue weighted by atomic mass is 35.5. The molecule has 0 heterocycles. The topological polar surface area (TPSA) is 25.8 Å². The Hall–Kier alpha value is -1.22. The second-order valence-electron chi connectivity index (χ2n) is 8.77. The van der Waals surface area contributed by atoms with E-state index in [0.29, 0.717) is 6.61 Å². The van der Waals surface area contributed by atoms with Gasteiger partial charge in [0.1, 0.15) is 18.9 Å². The largest absolute Gasteiger partial charge is 0.488 e. The monoisotopic (exact) mass is 394 g/mol. The van der Waals surface area contributed by atoms with E-state index in [1.807, 2.05) is 42.5 Å². The van der Waals surface area contributed by atoms with E-state index < -0.39 is 0 Å². The lowest BCUT2D eigenvalue weighted by atomic mass is 9.82. The highest BCUT2D eigenvalue weighted by Crippen LogP contribution is 2.27. The van der Waals surface area contributed by atoms with Crippen molar-refractivity contribution in [2.45, 2.75) is 59.7 Å². The van der Waals surface area contributed by atoms with E-state index in [9.17, 15) is 0 Å². The van der Waals surface area contributed by atoms with Gasteiger partial charge in [0.25, 0.3) is 0 Å². The Labute approximate surface area is 167 Å². The molecule has 2 nitrogen and oxygen atoms in total. The smallest absolute Gasteiger partial charge is 0.128 e. The molecule has 0 radical (unpaired) electrons. The minimum Gasteiger partial charge on any atom is -0.488 e. The first-order valence-electron chi connectivity index (χ1n) is 9.05. The zero-order valence-electron chi connectivity index (χ0n) is 16.4. The molecule has 2 aromatic rings. The molecule has 0 saturated carbocycles. The fourth-order valence-electron chi connectivity index (χ4n) is 3.44. The SMILES string of the molecule is CC(C)(C)CC(C)(C)[NH2+]Cc1cc(Cl)ccc1OCc1ccccc1Cl. The molecule has 0 aromatic heterocycles. The zero-order valence-corrected chi connectivity index (χ0v) is 17.9. The zero-order chi connectivity index (χ0) is 19.4. The molecule has 0 unspecified atom stereocenters. The number of ether oxygens (including phenoxy) is 1. The molecular formula is C22H30Cl2NO+. The summed E-state index contributed by atoms with van der Waals surface area (Å²) in [5.41, 5.74) is 2.51. The quantitative estimate of drug-likeness (QED) is 0.625. The van der Waals surface area contributed by atoms with Crippen LogP contribution in [0.3, 0.4) is 0 Å². The summed E-state index contributed by atoms with van der Waals surface area (Å²) in [7, 11) is 0. The molecule has 26 heavy (non-hydrogen) atoms. The van der Waals surface area contributed by atoms with Gasteiger partial charge in [-0.25, -0.2) is 0 Å². The average Bonchev–Trinajstić information content (AvgIpc) is 2.51. The Balaban J connectivity index is 2.08. The Bertz CT molecular complexity index is 735. The molecule has 2 aromatic carbocycles. The van der Waals surface area contributed by atoms with Crippen LogP contribution < -0.4 is 10.1 Å². The molecule has 142 valence electrons. The van der Waals surface area contributed by atoms with Gasteiger partial charge < -0.3 is 10.1 Å². The molecule has 0 bridgehead atoms. The molecule has 2 rings (SSSR count). The lowest BCUT2D eigenvalue weighted by Gasteiger charge is -2.30. The summed E-state index contributed by atoms with van der Waals surface area (Å²) in [6, 6.07) is 13.6. The van der Waals surface area contributed by atoms with E-state index in [0.717, 1.165) is 39.9 Å². The first-order chi connectivity index (χ1) is 12.1. The molecule has 0 amide bonds. The third-order valence-corrected chi connectivity index (χ3v) is 4.83. The molecule has 0 aliphatic carbocycles. The molecule has 2 N–H and O–H groups in total. The molecule has 0 atom stereocenters. The third-order valence-electron chi connectivity index (χ3n) is 4.22. The van der Waals surface area contributed by atoms with E-state index in [-0.39, 0.29) is 11.0 Å². The Morgan fingerprint density at radius 2 is 1.62 bits per heavy atom. The van der Waals surface area contributed by atoms with Crippen LogP contribution in [0.1, 0.15) is 52.2 Å². The van der Waals surface area contributed by atoms with Gasteiger partial charge in [-0.2, -0.15) is 0 Å². The van der Waals surface area contributed by atoms with Gasteiger partial charge in [0.2, 0.25) is 0 Å². The van der Waals surface area contributed by atoms with Gasteiger partial charge in [0, 0.05) is 27.6 Å². The van der Waals surface area contributed by atoms with Crippen molar-refractivity contribution < 1.29 is 10.1 Å². The molecule has 0 spiro atoms. The van der Waals surface area contributed by atoms with Crippen LogP contribution in [0.15, 0.2) is 42.5 Å². The van der Waals surface area contributed by atoms with Crippen molar-refractivity contribution in [1.29, 1.82) is 0 Å². The standard InChI is InChI=1S/C22H29Cl2NO/c1-21(2,3)15-22(4,5)25-13-17-12-18(23)10-11-20(17)26-14-16-8-6-7-9-19(16)24/h6-12,25H,13-15H2,1-5H3/p+1. The molecule has 0 aliphatic rings. The highest BCUT2D eigenvalue weighted by Gasteiger charge is 2.28. The van der Waals surface area contributed by atoms with Crippen LogP contribution in [0.5, 0.6) is 5.75 Å². The van der Waals surface area contributed by atoms with Crippen LogP contribution in [-0.4, -0.2) is 5.54 Å². The predicted octanol–water partition coefficient (Wildman–Crippen LogP) is 5.85. The molecule has 0 aliphatic heterocycles. The van der Waals surface area contributed by atoms with Crippen molar-refractivity contribution in [1.82, 2.24) is 0 Å². The predicted molar refractivity (Wildman–Crippen MR) is 111 cm³/mol. The second-order valence-corrected chi connectivity index (χ2v) is 9.61. The van der Waals surface area contributed by atoms with E-state index in [4.69, 9.17) is 27.9 Å². The number of nitrogens with two attached hydrogens (primary N) is 1. The number of rotatable bonds is 7. The fraction of sp³-hybridized carbons (Fsp3) is 0.455. The first-order valence-corrected chi connectivity index (χ1v) is 9.80. The van der Waals surface area contributed by atoms with Crippen molar-refractivity contribution in [3.8, 4) is 5.75 Å². The van der Waals surface area contributed by atoms with E-state index in [2.05, 4.69) is 39.9 Å². The lowest BCUT2D eigenvalue weighted by molar-refractivity contribution is -0.737. The number of hydrogen-bond acceptors (Lipinski definition) is 1. The number of halogens is 2. The van der Waals surface area contributed by atoms with Gasteiger partial charge in [-0.3, -0.25) is 0 Å². The van der Waals surface area contributed by atoms with Gasteiger partial charge in [-0.15, -0.1) is 0 Å². The molecular weight excluding hydrogens is 365 g/mol. The van der Waals surface area contributed by atoms with Crippen molar-refractivity contribution in [2.75, 3.05) is 0 Å². The number of hydrogen-bond donors (Lipinski definition) is 1. The summed E-state index contributed by atoms with van der Waals surface area (Å²) < 4.78 is 6.06. The average molecular weight is 395 g/mol. The van der Waals surface area contributed by atoms with Crippen molar-refractivity contribution in [3.05, 3.63) is 63.6 Å². The van der Waals surface area contributed by atoms with Gasteiger partial charge in [0.15, 0.2) is 0 Å². The summed E-state index contributed by atoms with van der Waals surface area (Å²) >= 11 is 12.5. The summed E-state index contributed by atoms with van der Waals surface area (Å²) in [5.74, 6) is 0.858. The van der Waals surface area contributed by atoms with Crippen LogP contribution in [0, 0.1) is 5.41 Å². The van der Waals surface area contributed by atoms with Crippen LogP contribution in [0.25, 0.3) is 0 Å². The number of quaternary nitrogens is 1. The maximum absolute atomic E-state index is 6.23. The highest BCUT2D eigenvalue weighted by molar-refractivity contribution is 6.31. The van der Waals surface area contributed by atoms with Gasteiger partial charge in [-0.05, 0) is 43.5 Å². The first kappa shape index (κ1) is 21.1. The molecule has 4 heteroatoms. The van der Waals surface area contributed by atoms with Gasteiger partial charge in [0.05, 0.1) is 5.54 Å². The second kappa shape index (κ2) is 8.65. The third kappa shape index (κ3) is 6.83.